The molecule has 126 valence electrons. The van der Waals surface area contributed by atoms with Crippen molar-refractivity contribution in [2.24, 2.45) is 0 Å². The van der Waals surface area contributed by atoms with Gasteiger partial charge in [-0.1, -0.05) is 12.1 Å². The summed E-state index contributed by atoms with van der Waals surface area (Å²) in [6, 6.07) is 6.11. The number of nitrogens with zero attached hydrogens (tertiary/aromatic N) is 1. The molecular weight excluding hydrogens is 294 g/mol. The number of hydrogen-bond donors (Lipinski definition) is 0. The van der Waals surface area contributed by atoms with Crippen molar-refractivity contribution < 1.29 is 19.0 Å². The largest absolute Gasteiger partial charge is 0.488 e. The Morgan fingerprint density at radius 3 is 2.87 bits per heavy atom. The number of carbonyl (C=O) groups excluding carboxylic acids is 1. The highest BCUT2D eigenvalue weighted by Crippen LogP contribution is 2.30. The third kappa shape index (κ3) is 3.96. The Morgan fingerprint density at radius 2 is 2.17 bits per heavy atom. The summed E-state index contributed by atoms with van der Waals surface area (Å²) in [4.78, 5) is 14.1. The fourth-order valence-corrected chi connectivity index (χ4v) is 2.93. The molecule has 1 fully saturated rings. The van der Waals surface area contributed by atoms with Crippen molar-refractivity contribution in [3.8, 4) is 5.75 Å². The second-order valence-electron chi connectivity index (χ2n) is 7.15. The smallest absolute Gasteiger partial charge is 0.410 e. The molecule has 5 heteroatoms. The van der Waals surface area contributed by atoms with E-state index in [2.05, 4.69) is 6.07 Å². The van der Waals surface area contributed by atoms with Crippen LogP contribution in [-0.4, -0.2) is 42.5 Å². The fourth-order valence-electron chi connectivity index (χ4n) is 2.93. The van der Waals surface area contributed by atoms with Crippen LogP contribution in [0.4, 0.5) is 4.79 Å². The summed E-state index contributed by atoms with van der Waals surface area (Å²) in [6.07, 6.45) is 1.59. The van der Waals surface area contributed by atoms with Crippen LogP contribution < -0.4 is 4.74 Å². The third-order valence-corrected chi connectivity index (χ3v) is 4.06. The molecule has 0 aromatic heterocycles. The van der Waals surface area contributed by atoms with E-state index in [1.165, 1.54) is 5.56 Å². The van der Waals surface area contributed by atoms with Gasteiger partial charge in [0.1, 0.15) is 17.5 Å². The lowest BCUT2D eigenvalue weighted by molar-refractivity contribution is 0.0221. The van der Waals surface area contributed by atoms with Gasteiger partial charge in [-0.15, -0.1) is 0 Å². The number of hydrogen-bond acceptors (Lipinski definition) is 4. The lowest BCUT2D eigenvalue weighted by Gasteiger charge is -2.32. The van der Waals surface area contributed by atoms with E-state index in [1.807, 2.05) is 32.9 Å². The molecule has 0 spiro atoms. The predicted molar refractivity (Wildman–Crippen MR) is 86.6 cm³/mol. The van der Waals surface area contributed by atoms with Crippen molar-refractivity contribution >= 4 is 6.09 Å². The van der Waals surface area contributed by atoms with Gasteiger partial charge in [-0.3, -0.25) is 0 Å². The predicted octanol–water partition coefficient (Wildman–Crippen LogP) is 3.15. The molecule has 0 saturated carbocycles. The minimum absolute atomic E-state index is 0.110. The Hall–Kier alpha value is -1.75. The minimum atomic E-state index is -0.478. The van der Waals surface area contributed by atoms with Crippen LogP contribution in [0.2, 0.25) is 0 Å². The van der Waals surface area contributed by atoms with E-state index in [0.29, 0.717) is 19.7 Å². The van der Waals surface area contributed by atoms with Crippen molar-refractivity contribution in [2.45, 2.75) is 51.9 Å². The highest BCUT2D eigenvalue weighted by atomic mass is 16.6. The van der Waals surface area contributed by atoms with Gasteiger partial charge in [0.25, 0.3) is 0 Å². The molecular formula is C18H25NO4. The quantitative estimate of drug-likeness (QED) is 0.840. The van der Waals surface area contributed by atoms with Crippen LogP contribution in [0, 0.1) is 0 Å². The number of amides is 1. The van der Waals surface area contributed by atoms with Crippen LogP contribution in [0.5, 0.6) is 5.75 Å². The molecule has 0 N–H and O–H groups in total. The molecule has 23 heavy (non-hydrogen) atoms. The molecule has 1 amide bonds. The van der Waals surface area contributed by atoms with E-state index in [0.717, 1.165) is 30.8 Å². The molecule has 0 bridgehead atoms. The molecule has 2 aliphatic rings. The summed E-state index contributed by atoms with van der Waals surface area (Å²) in [5, 5.41) is 0. The van der Waals surface area contributed by atoms with E-state index >= 15 is 0 Å². The van der Waals surface area contributed by atoms with Gasteiger partial charge in [-0.2, -0.15) is 0 Å². The van der Waals surface area contributed by atoms with Crippen molar-refractivity contribution in [3.05, 3.63) is 29.3 Å². The zero-order chi connectivity index (χ0) is 16.4. The van der Waals surface area contributed by atoms with E-state index in [9.17, 15) is 4.79 Å². The number of carbonyl (C=O) groups is 1. The lowest BCUT2D eigenvalue weighted by Crippen LogP contribution is -2.40. The maximum atomic E-state index is 12.3. The van der Waals surface area contributed by atoms with E-state index in [4.69, 9.17) is 14.2 Å². The molecule has 2 heterocycles. The molecule has 0 radical (unpaired) electrons. The number of ether oxygens (including phenoxy) is 3. The van der Waals surface area contributed by atoms with Crippen LogP contribution in [0.1, 0.15) is 38.3 Å². The summed E-state index contributed by atoms with van der Waals surface area (Å²) in [5.41, 5.74) is 1.87. The molecule has 2 aliphatic heterocycles. The van der Waals surface area contributed by atoms with E-state index < -0.39 is 5.60 Å². The van der Waals surface area contributed by atoms with E-state index in [1.54, 1.807) is 4.90 Å². The SMILES string of the molecule is CC(C)(C)OC(=O)N1CCc2cccc(OC3CCOC3)c2C1. The minimum Gasteiger partial charge on any atom is -0.488 e. The Bertz CT molecular complexity index is 573. The first kappa shape index (κ1) is 16.1. The van der Waals surface area contributed by atoms with Crippen LogP contribution in [0.15, 0.2) is 18.2 Å². The first-order valence-electron chi connectivity index (χ1n) is 8.25. The van der Waals surface area contributed by atoms with Crippen LogP contribution in [0.25, 0.3) is 0 Å². The molecule has 3 rings (SSSR count). The normalized spacial score (nSPS) is 21.0. The summed E-state index contributed by atoms with van der Waals surface area (Å²) >= 11 is 0. The maximum absolute atomic E-state index is 12.3. The number of benzene rings is 1. The van der Waals surface area contributed by atoms with Gasteiger partial charge >= 0.3 is 6.09 Å². The number of rotatable bonds is 2. The second kappa shape index (κ2) is 6.40. The maximum Gasteiger partial charge on any atom is 0.410 e. The van der Waals surface area contributed by atoms with Gasteiger partial charge in [0.15, 0.2) is 0 Å². The molecule has 1 aromatic rings. The average Bonchev–Trinajstić information content (AvgIpc) is 2.98. The van der Waals surface area contributed by atoms with Gasteiger partial charge in [0.05, 0.1) is 19.8 Å². The zero-order valence-corrected chi connectivity index (χ0v) is 14.1. The van der Waals surface area contributed by atoms with Crippen LogP contribution in [-0.2, 0) is 22.4 Å². The number of fused-ring (bicyclic) bond motifs is 1. The monoisotopic (exact) mass is 319 g/mol. The van der Waals surface area contributed by atoms with Crippen molar-refractivity contribution in [1.29, 1.82) is 0 Å². The molecule has 1 unspecified atom stereocenters. The lowest BCUT2D eigenvalue weighted by atomic mass is 9.99. The fraction of sp³-hybridized carbons (Fsp3) is 0.611. The first-order chi connectivity index (χ1) is 10.9. The first-order valence-corrected chi connectivity index (χ1v) is 8.25. The standard InChI is InChI=1S/C18H25NO4/c1-18(2,3)23-17(20)19-9-7-13-5-4-6-16(15(13)11-19)22-14-8-10-21-12-14/h4-6,14H,7-12H2,1-3H3. The molecule has 5 nitrogen and oxygen atoms in total. The van der Waals surface area contributed by atoms with Gasteiger partial charge in [-0.05, 0) is 38.8 Å². The van der Waals surface area contributed by atoms with Gasteiger partial charge < -0.3 is 19.1 Å². The Kier molecular flexibility index (Phi) is 4.48. The summed E-state index contributed by atoms with van der Waals surface area (Å²) in [6.45, 7) is 8.27. The van der Waals surface area contributed by atoms with Crippen molar-refractivity contribution in [1.82, 2.24) is 4.90 Å². The molecule has 1 saturated heterocycles. The Labute approximate surface area is 137 Å². The highest BCUT2D eigenvalue weighted by molar-refractivity contribution is 5.69. The van der Waals surface area contributed by atoms with Crippen LogP contribution >= 0.6 is 0 Å². The highest BCUT2D eigenvalue weighted by Gasteiger charge is 2.28. The topological polar surface area (TPSA) is 48.0 Å². The Morgan fingerprint density at radius 1 is 1.35 bits per heavy atom. The summed E-state index contributed by atoms with van der Waals surface area (Å²) in [7, 11) is 0. The van der Waals surface area contributed by atoms with Gasteiger partial charge in [-0.25, -0.2) is 4.79 Å². The van der Waals surface area contributed by atoms with Gasteiger partial charge in [0.2, 0.25) is 0 Å². The van der Waals surface area contributed by atoms with Crippen molar-refractivity contribution in [3.63, 3.8) is 0 Å². The average molecular weight is 319 g/mol. The van der Waals surface area contributed by atoms with Gasteiger partial charge in [0, 0.05) is 18.5 Å². The van der Waals surface area contributed by atoms with Crippen LogP contribution in [0.3, 0.4) is 0 Å². The van der Waals surface area contributed by atoms with E-state index in [-0.39, 0.29) is 12.2 Å². The molecule has 1 atom stereocenters. The zero-order valence-electron chi connectivity index (χ0n) is 14.1. The molecule has 0 aliphatic carbocycles. The Balaban J connectivity index is 1.74. The summed E-state index contributed by atoms with van der Waals surface area (Å²) < 4.78 is 17.0. The summed E-state index contributed by atoms with van der Waals surface area (Å²) in [5.74, 6) is 0.867. The van der Waals surface area contributed by atoms with Crippen molar-refractivity contribution in [2.75, 3.05) is 19.8 Å². The second-order valence-corrected chi connectivity index (χ2v) is 7.15. The third-order valence-electron chi connectivity index (χ3n) is 4.06. The molecule has 1 aromatic carbocycles.